The predicted molar refractivity (Wildman–Crippen MR) is 83.7 cm³/mol. The predicted octanol–water partition coefficient (Wildman–Crippen LogP) is 3.92. The van der Waals surface area contributed by atoms with Gasteiger partial charge in [0, 0.05) is 18.7 Å². The van der Waals surface area contributed by atoms with Gasteiger partial charge < -0.3 is 5.32 Å². The van der Waals surface area contributed by atoms with Crippen molar-refractivity contribution >= 4 is 17.3 Å². The fraction of sp³-hybridized carbons (Fsp3) is 0.438. The van der Waals surface area contributed by atoms with E-state index < -0.39 is 47.1 Å². The molecule has 0 fully saturated rings. The number of carbonyl (C=O) groups excluding carboxylic acids is 1. The van der Waals surface area contributed by atoms with Gasteiger partial charge in [-0.05, 0) is 32.0 Å². The van der Waals surface area contributed by atoms with Gasteiger partial charge in [-0.3, -0.25) is 9.80 Å². The number of hydrazone groups is 1. The van der Waals surface area contributed by atoms with Crippen molar-refractivity contribution in [3.63, 3.8) is 0 Å². The van der Waals surface area contributed by atoms with Crippen molar-refractivity contribution in [1.29, 1.82) is 5.26 Å². The normalized spacial score (nSPS) is 20.3. The quantitative estimate of drug-likeness (QED) is 0.793. The number of amides is 1. The number of alkyl halides is 6. The van der Waals surface area contributed by atoms with Crippen LogP contribution in [0.2, 0.25) is 0 Å². The Bertz CT molecular complexity index is 824. The van der Waals surface area contributed by atoms with Crippen LogP contribution in [0, 0.1) is 11.3 Å². The first-order valence-electron chi connectivity index (χ1n) is 7.68. The topological polar surface area (TPSA) is 68.5 Å². The van der Waals surface area contributed by atoms with Crippen LogP contribution >= 0.6 is 0 Å². The van der Waals surface area contributed by atoms with Crippen molar-refractivity contribution in [3.05, 3.63) is 29.3 Å². The van der Waals surface area contributed by atoms with Gasteiger partial charge in [-0.15, -0.1) is 0 Å². The monoisotopic (exact) mass is 392 g/mol. The number of carbonyl (C=O) groups is 1. The third-order valence-corrected chi connectivity index (χ3v) is 4.14. The highest BCUT2D eigenvalue weighted by atomic mass is 19.4. The van der Waals surface area contributed by atoms with Gasteiger partial charge in [0.25, 0.3) is 5.91 Å². The van der Waals surface area contributed by atoms with E-state index in [1.165, 1.54) is 19.9 Å². The third-order valence-electron chi connectivity index (χ3n) is 4.14. The Morgan fingerprint density at radius 1 is 1.30 bits per heavy atom. The highest BCUT2D eigenvalue weighted by Crippen LogP contribution is 2.36. The standard InChI is InChI=1S/C16H14F6N4O/c1-3-26-14(2,7-12(25-26)16(20,21)22)13(27)24-10-5-4-9(8-23)11(6-10)15(17,18)19/h4-6H,3,7H2,1-2H3,(H,24,27). The first-order chi connectivity index (χ1) is 12.3. The summed E-state index contributed by atoms with van der Waals surface area (Å²) in [7, 11) is 0. The van der Waals surface area contributed by atoms with E-state index in [9.17, 15) is 31.1 Å². The summed E-state index contributed by atoms with van der Waals surface area (Å²) in [5.74, 6) is -0.940. The van der Waals surface area contributed by atoms with E-state index in [4.69, 9.17) is 5.26 Å². The zero-order valence-electron chi connectivity index (χ0n) is 14.2. The van der Waals surface area contributed by atoms with Crippen molar-refractivity contribution in [2.24, 2.45) is 5.10 Å². The molecule has 1 N–H and O–H groups in total. The number of hydrogen-bond acceptors (Lipinski definition) is 4. The van der Waals surface area contributed by atoms with Crippen molar-refractivity contribution in [2.45, 2.75) is 38.2 Å². The van der Waals surface area contributed by atoms with Gasteiger partial charge in [-0.2, -0.15) is 36.7 Å². The summed E-state index contributed by atoms with van der Waals surface area (Å²) < 4.78 is 77.8. The third kappa shape index (κ3) is 3.99. The van der Waals surface area contributed by atoms with Crippen LogP contribution in [0.5, 0.6) is 0 Å². The summed E-state index contributed by atoms with van der Waals surface area (Å²) in [6, 6.07) is 3.92. The second-order valence-corrected chi connectivity index (χ2v) is 6.03. The molecular formula is C16H14F6N4O. The molecule has 0 saturated carbocycles. The summed E-state index contributed by atoms with van der Waals surface area (Å²) in [5.41, 5.74) is -5.03. The molecule has 1 heterocycles. The van der Waals surface area contributed by atoms with E-state index in [0.717, 1.165) is 17.1 Å². The molecule has 1 aromatic carbocycles. The molecule has 5 nitrogen and oxygen atoms in total. The number of hydrogen-bond donors (Lipinski definition) is 1. The molecule has 0 saturated heterocycles. The summed E-state index contributed by atoms with van der Waals surface area (Å²) >= 11 is 0. The molecule has 1 unspecified atom stereocenters. The van der Waals surface area contributed by atoms with E-state index in [2.05, 4.69) is 10.4 Å². The molecular weight excluding hydrogens is 378 g/mol. The molecule has 0 bridgehead atoms. The smallest absolute Gasteiger partial charge is 0.324 e. The maximum absolute atomic E-state index is 13.0. The van der Waals surface area contributed by atoms with Crippen LogP contribution < -0.4 is 5.32 Å². The van der Waals surface area contributed by atoms with E-state index >= 15 is 0 Å². The zero-order chi connectivity index (χ0) is 20.6. The number of nitrogens with one attached hydrogen (secondary N) is 1. The van der Waals surface area contributed by atoms with Crippen LogP contribution in [0.4, 0.5) is 32.0 Å². The van der Waals surface area contributed by atoms with Crippen molar-refractivity contribution in [1.82, 2.24) is 5.01 Å². The molecule has 0 aromatic heterocycles. The number of rotatable bonds is 3. The Morgan fingerprint density at radius 3 is 2.41 bits per heavy atom. The average Bonchev–Trinajstić information content (AvgIpc) is 2.92. The molecule has 0 radical (unpaired) electrons. The minimum Gasteiger partial charge on any atom is -0.324 e. The molecule has 1 atom stereocenters. The van der Waals surface area contributed by atoms with Gasteiger partial charge >= 0.3 is 12.4 Å². The first kappa shape index (κ1) is 20.5. The number of likely N-dealkylation sites (N-methyl/N-ethyl adjacent to an activating group) is 1. The molecule has 0 aliphatic carbocycles. The molecule has 1 aliphatic rings. The van der Waals surface area contributed by atoms with Crippen LogP contribution in [0.3, 0.4) is 0 Å². The van der Waals surface area contributed by atoms with Crippen molar-refractivity contribution in [2.75, 3.05) is 11.9 Å². The Labute approximate surface area is 150 Å². The molecule has 146 valence electrons. The Balaban J connectivity index is 2.31. The molecule has 11 heteroatoms. The van der Waals surface area contributed by atoms with Gasteiger partial charge in [0.15, 0.2) is 0 Å². The van der Waals surface area contributed by atoms with Crippen LogP contribution in [-0.2, 0) is 11.0 Å². The van der Waals surface area contributed by atoms with Crippen LogP contribution in [-0.4, -0.2) is 34.9 Å². The van der Waals surface area contributed by atoms with Gasteiger partial charge in [-0.1, -0.05) is 0 Å². The Kier molecular flexibility index (Phi) is 5.14. The average molecular weight is 392 g/mol. The SMILES string of the molecule is CCN1N=C(C(F)(F)F)CC1(C)C(=O)Nc1ccc(C#N)c(C(F)(F)F)c1. The number of anilines is 1. The summed E-state index contributed by atoms with van der Waals surface area (Å²) in [6.45, 7) is 2.71. The lowest BCUT2D eigenvalue weighted by Gasteiger charge is -2.32. The fourth-order valence-electron chi connectivity index (χ4n) is 2.70. The van der Waals surface area contributed by atoms with Gasteiger partial charge in [0.05, 0.1) is 17.2 Å². The molecule has 1 aromatic rings. The fourth-order valence-corrected chi connectivity index (χ4v) is 2.70. The lowest BCUT2D eigenvalue weighted by molar-refractivity contribution is -0.137. The first-order valence-corrected chi connectivity index (χ1v) is 7.68. The number of nitrogens with zero attached hydrogens (tertiary/aromatic N) is 3. The van der Waals surface area contributed by atoms with E-state index in [0.29, 0.717) is 6.07 Å². The minimum absolute atomic E-state index is 0.00925. The minimum atomic E-state index is -4.83. The van der Waals surface area contributed by atoms with Crippen LogP contribution in [0.15, 0.2) is 23.3 Å². The van der Waals surface area contributed by atoms with Crippen LogP contribution in [0.25, 0.3) is 0 Å². The highest BCUT2D eigenvalue weighted by Gasteiger charge is 2.51. The van der Waals surface area contributed by atoms with Crippen molar-refractivity contribution in [3.8, 4) is 6.07 Å². The van der Waals surface area contributed by atoms with E-state index in [1.54, 1.807) is 0 Å². The maximum Gasteiger partial charge on any atom is 0.431 e. The number of halogens is 6. The highest BCUT2D eigenvalue weighted by molar-refractivity contribution is 6.04. The van der Waals surface area contributed by atoms with Gasteiger partial charge in [-0.25, -0.2) is 0 Å². The Hall–Kier alpha value is -2.77. The molecule has 1 amide bonds. The zero-order valence-corrected chi connectivity index (χ0v) is 14.2. The lowest BCUT2D eigenvalue weighted by atomic mass is 9.94. The molecule has 2 rings (SSSR count). The maximum atomic E-state index is 13.0. The van der Waals surface area contributed by atoms with Crippen molar-refractivity contribution < 1.29 is 31.1 Å². The molecule has 0 spiro atoms. The van der Waals surface area contributed by atoms with Gasteiger partial charge in [0.2, 0.25) is 0 Å². The lowest BCUT2D eigenvalue weighted by Crippen LogP contribution is -2.50. The number of nitriles is 1. The van der Waals surface area contributed by atoms with Gasteiger partial charge in [0.1, 0.15) is 11.3 Å². The van der Waals surface area contributed by atoms with E-state index in [1.807, 2.05) is 0 Å². The Morgan fingerprint density at radius 2 is 1.93 bits per heavy atom. The molecule has 27 heavy (non-hydrogen) atoms. The van der Waals surface area contributed by atoms with E-state index in [-0.39, 0.29) is 12.2 Å². The largest absolute Gasteiger partial charge is 0.431 e. The second kappa shape index (κ2) is 6.75. The molecule has 1 aliphatic heterocycles. The number of benzene rings is 1. The summed E-state index contributed by atoms with van der Waals surface area (Å²) in [6.07, 6.45) is -10.3. The summed E-state index contributed by atoms with van der Waals surface area (Å²) in [4.78, 5) is 12.6. The van der Waals surface area contributed by atoms with Crippen LogP contribution in [0.1, 0.15) is 31.4 Å². The second-order valence-electron chi connectivity index (χ2n) is 6.03. The summed E-state index contributed by atoms with van der Waals surface area (Å²) in [5, 5.41) is 15.3.